The first-order valence-electron chi connectivity index (χ1n) is 4.76. The topological polar surface area (TPSA) is 45.1 Å². The highest BCUT2D eigenvalue weighted by Gasteiger charge is 2.02. The van der Waals surface area contributed by atoms with Gasteiger partial charge in [-0.25, -0.2) is 4.98 Å². The molecule has 3 nitrogen and oxygen atoms in total. The van der Waals surface area contributed by atoms with Crippen molar-refractivity contribution in [3.63, 3.8) is 0 Å². The number of rotatable bonds is 5. The van der Waals surface area contributed by atoms with Gasteiger partial charge in [-0.2, -0.15) is 0 Å². The minimum absolute atomic E-state index is 0.308. The van der Waals surface area contributed by atoms with Crippen LogP contribution in [-0.2, 0) is 0 Å². The summed E-state index contributed by atoms with van der Waals surface area (Å²) in [6.07, 6.45) is 3.06. The normalized spacial score (nSPS) is 12.5. The van der Waals surface area contributed by atoms with Crippen molar-refractivity contribution in [2.24, 2.45) is 0 Å². The maximum Gasteiger partial charge on any atom is 0.126 e. The van der Waals surface area contributed by atoms with Gasteiger partial charge < -0.3 is 10.4 Å². The Morgan fingerprint density at radius 3 is 2.93 bits per heavy atom. The fraction of sp³-hybridized carbons (Fsp3) is 0.500. The van der Waals surface area contributed by atoms with Gasteiger partial charge in [0.15, 0.2) is 0 Å². The number of hydrogen-bond donors (Lipinski definition) is 2. The smallest absolute Gasteiger partial charge is 0.126 e. The van der Waals surface area contributed by atoms with Crippen LogP contribution in [0.15, 0.2) is 18.3 Å². The molecule has 1 rings (SSSR count). The molecule has 0 aliphatic rings. The summed E-state index contributed by atoms with van der Waals surface area (Å²) in [5.74, 6) is 0.740. The zero-order chi connectivity index (χ0) is 10.4. The van der Waals surface area contributed by atoms with Gasteiger partial charge in [-0.15, -0.1) is 0 Å². The Balaban J connectivity index is 2.34. The first-order chi connectivity index (χ1) is 6.72. The lowest BCUT2D eigenvalue weighted by molar-refractivity contribution is 0.176. The summed E-state index contributed by atoms with van der Waals surface area (Å²) in [6.45, 7) is 2.58. The summed E-state index contributed by atoms with van der Waals surface area (Å²) in [5.41, 5.74) is 0. The van der Waals surface area contributed by atoms with Gasteiger partial charge >= 0.3 is 0 Å². The number of pyridine rings is 1. The van der Waals surface area contributed by atoms with Gasteiger partial charge in [-0.3, -0.25) is 0 Å². The molecule has 1 heterocycles. The number of anilines is 1. The van der Waals surface area contributed by atoms with E-state index in [0.29, 0.717) is 11.6 Å². The Kier molecular flexibility index (Phi) is 4.70. The third-order valence-electron chi connectivity index (χ3n) is 1.87. The van der Waals surface area contributed by atoms with Gasteiger partial charge in [0.1, 0.15) is 5.82 Å². The Bertz CT molecular complexity index is 263. The van der Waals surface area contributed by atoms with Crippen molar-refractivity contribution in [3.8, 4) is 0 Å². The molecule has 1 unspecified atom stereocenters. The van der Waals surface area contributed by atoms with E-state index in [1.54, 1.807) is 18.3 Å². The van der Waals surface area contributed by atoms with Gasteiger partial charge in [0.05, 0.1) is 11.1 Å². The predicted molar refractivity (Wildman–Crippen MR) is 58.7 cm³/mol. The quantitative estimate of drug-likeness (QED) is 0.791. The Morgan fingerprint density at radius 1 is 1.57 bits per heavy atom. The molecular formula is C10H15ClN2O. The molecule has 0 amide bonds. The zero-order valence-corrected chi connectivity index (χ0v) is 8.96. The van der Waals surface area contributed by atoms with E-state index >= 15 is 0 Å². The summed E-state index contributed by atoms with van der Waals surface area (Å²) < 4.78 is 0. The first kappa shape index (κ1) is 11.3. The van der Waals surface area contributed by atoms with E-state index in [1.165, 1.54) is 0 Å². The van der Waals surface area contributed by atoms with E-state index in [9.17, 15) is 5.11 Å². The number of nitrogens with one attached hydrogen (secondary N) is 1. The number of hydrogen-bond acceptors (Lipinski definition) is 3. The van der Waals surface area contributed by atoms with Crippen LogP contribution in [0, 0.1) is 0 Å². The monoisotopic (exact) mass is 214 g/mol. The fourth-order valence-corrected chi connectivity index (χ4v) is 1.25. The molecule has 4 heteroatoms. The highest BCUT2D eigenvalue weighted by Crippen LogP contribution is 2.09. The summed E-state index contributed by atoms with van der Waals surface area (Å²) >= 11 is 5.68. The van der Waals surface area contributed by atoms with E-state index in [0.717, 1.165) is 18.7 Å². The van der Waals surface area contributed by atoms with Crippen LogP contribution in [0.5, 0.6) is 0 Å². The second-order valence-corrected chi connectivity index (χ2v) is 3.62. The molecule has 0 saturated heterocycles. The Labute approximate surface area is 89.1 Å². The number of aliphatic hydroxyl groups excluding tert-OH is 1. The SMILES string of the molecule is CCCC(O)CNc1ccc(Cl)cn1. The molecular weight excluding hydrogens is 200 g/mol. The van der Waals surface area contributed by atoms with Crippen LogP contribution in [0.4, 0.5) is 5.82 Å². The molecule has 1 aromatic rings. The molecule has 14 heavy (non-hydrogen) atoms. The van der Waals surface area contributed by atoms with Gasteiger partial charge in [-0.05, 0) is 18.6 Å². The molecule has 1 atom stereocenters. The molecule has 2 N–H and O–H groups in total. The van der Waals surface area contributed by atoms with Gasteiger partial charge in [-0.1, -0.05) is 24.9 Å². The third-order valence-corrected chi connectivity index (χ3v) is 2.09. The fourth-order valence-electron chi connectivity index (χ4n) is 1.14. The van der Waals surface area contributed by atoms with Crippen molar-refractivity contribution in [2.45, 2.75) is 25.9 Å². The minimum atomic E-state index is -0.308. The molecule has 1 aromatic heterocycles. The highest BCUT2D eigenvalue weighted by molar-refractivity contribution is 6.30. The molecule has 0 saturated carbocycles. The Hall–Kier alpha value is -0.800. The van der Waals surface area contributed by atoms with Crippen molar-refractivity contribution in [1.82, 2.24) is 4.98 Å². The lowest BCUT2D eigenvalue weighted by atomic mass is 10.2. The summed E-state index contributed by atoms with van der Waals surface area (Å²) in [7, 11) is 0. The summed E-state index contributed by atoms with van der Waals surface area (Å²) in [6, 6.07) is 3.56. The lowest BCUT2D eigenvalue weighted by Crippen LogP contribution is -2.19. The molecule has 0 spiro atoms. The number of aromatic nitrogens is 1. The van der Waals surface area contributed by atoms with Crippen molar-refractivity contribution in [2.75, 3.05) is 11.9 Å². The van der Waals surface area contributed by atoms with E-state index in [1.807, 2.05) is 6.92 Å². The number of halogens is 1. The third kappa shape index (κ3) is 3.94. The summed E-state index contributed by atoms with van der Waals surface area (Å²) in [4.78, 5) is 4.06. The number of aliphatic hydroxyl groups is 1. The van der Waals surface area contributed by atoms with Crippen molar-refractivity contribution in [3.05, 3.63) is 23.4 Å². The lowest BCUT2D eigenvalue weighted by Gasteiger charge is -2.10. The van der Waals surface area contributed by atoms with Crippen LogP contribution in [0.25, 0.3) is 0 Å². The van der Waals surface area contributed by atoms with Gasteiger partial charge in [0.2, 0.25) is 0 Å². The van der Waals surface area contributed by atoms with Crippen molar-refractivity contribution < 1.29 is 5.11 Å². The maximum absolute atomic E-state index is 9.45. The number of nitrogens with zero attached hydrogens (tertiary/aromatic N) is 1. The minimum Gasteiger partial charge on any atom is -0.391 e. The van der Waals surface area contributed by atoms with Crippen LogP contribution in [0.1, 0.15) is 19.8 Å². The van der Waals surface area contributed by atoms with Crippen LogP contribution in [0.3, 0.4) is 0 Å². The Morgan fingerprint density at radius 2 is 2.36 bits per heavy atom. The van der Waals surface area contributed by atoms with Crippen molar-refractivity contribution >= 4 is 17.4 Å². The standard InChI is InChI=1S/C10H15ClN2O/c1-2-3-9(14)7-13-10-5-4-8(11)6-12-10/h4-6,9,14H,2-3,7H2,1H3,(H,12,13). The van der Waals surface area contributed by atoms with Crippen LogP contribution >= 0.6 is 11.6 Å². The predicted octanol–water partition coefficient (Wildman–Crippen LogP) is 2.31. The zero-order valence-electron chi connectivity index (χ0n) is 8.20. The van der Waals surface area contributed by atoms with Crippen molar-refractivity contribution in [1.29, 1.82) is 0 Å². The van der Waals surface area contributed by atoms with E-state index in [2.05, 4.69) is 10.3 Å². The average Bonchev–Trinajstić information content (AvgIpc) is 2.17. The van der Waals surface area contributed by atoms with E-state index in [4.69, 9.17) is 11.6 Å². The van der Waals surface area contributed by atoms with E-state index in [-0.39, 0.29) is 6.10 Å². The molecule has 0 aliphatic carbocycles. The maximum atomic E-state index is 9.45. The largest absolute Gasteiger partial charge is 0.391 e. The average molecular weight is 215 g/mol. The second kappa shape index (κ2) is 5.83. The first-order valence-corrected chi connectivity index (χ1v) is 5.13. The molecule has 0 radical (unpaired) electrons. The molecule has 0 bridgehead atoms. The molecule has 0 aromatic carbocycles. The highest BCUT2D eigenvalue weighted by atomic mass is 35.5. The second-order valence-electron chi connectivity index (χ2n) is 3.19. The van der Waals surface area contributed by atoms with Gasteiger partial charge in [0, 0.05) is 12.7 Å². The van der Waals surface area contributed by atoms with Crippen LogP contribution < -0.4 is 5.32 Å². The molecule has 0 fully saturated rings. The van der Waals surface area contributed by atoms with E-state index < -0.39 is 0 Å². The van der Waals surface area contributed by atoms with Crippen LogP contribution in [0.2, 0.25) is 5.02 Å². The molecule has 78 valence electrons. The summed E-state index contributed by atoms with van der Waals surface area (Å²) in [5, 5.41) is 13.1. The van der Waals surface area contributed by atoms with Gasteiger partial charge in [0.25, 0.3) is 0 Å². The molecule has 0 aliphatic heterocycles. The van der Waals surface area contributed by atoms with Crippen LogP contribution in [-0.4, -0.2) is 22.7 Å².